The summed E-state index contributed by atoms with van der Waals surface area (Å²) >= 11 is 5.85. The molecule has 1 saturated heterocycles. The third kappa shape index (κ3) is 5.21. The number of ether oxygens (including phenoxy) is 1. The molecular formula is C20H21ClN2O4. The van der Waals surface area contributed by atoms with Crippen molar-refractivity contribution in [2.75, 3.05) is 32.8 Å². The molecule has 142 valence electrons. The van der Waals surface area contributed by atoms with Gasteiger partial charge in [-0.1, -0.05) is 29.8 Å². The number of aliphatic hydroxyl groups excluding tert-OH is 1. The first-order chi connectivity index (χ1) is 13.0. The first-order valence-corrected chi connectivity index (χ1v) is 9.09. The quantitative estimate of drug-likeness (QED) is 0.851. The molecule has 1 atom stereocenters. The third-order valence-electron chi connectivity index (χ3n) is 4.29. The van der Waals surface area contributed by atoms with Crippen LogP contribution in [0.1, 0.15) is 10.4 Å². The van der Waals surface area contributed by atoms with Crippen molar-refractivity contribution in [3.05, 3.63) is 65.2 Å². The highest BCUT2D eigenvalue weighted by atomic mass is 35.5. The highest BCUT2D eigenvalue weighted by Gasteiger charge is 2.29. The molecule has 0 aliphatic carbocycles. The van der Waals surface area contributed by atoms with Gasteiger partial charge in [0.05, 0.1) is 12.6 Å². The van der Waals surface area contributed by atoms with Crippen molar-refractivity contribution in [3.8, 4) is 5.75 Å². The van der Waals surface area contributed by atoms with E-state index in [4.69, 9.17) is 16.3 Å². The fourth-order valence-corrected chi connectivity index (χ4v) is 3.06. The Hall–Kier alpha value is -2.57. The number of hydrogen-bond acceptors (Lipinski definition) is 4. The smallest absolute Gasteiger partial charge is 0.254 e. The SMILES string of the molecule is O=C1CN(C(=O)c2ccc(Cl)cc2)CC(O)CN1CCOc1ccccc1. The molecule has 0 radical (unpaired) electrons. The van der Waals surface area contributed by atoms with Crippen LogP contribution in [-0.2, 0) is 4.79 Å². The molecule has 27 heavy (non-hydrogen) atoms. The molecular weight excluding hydrogens is 368 g/mol. The Bertz CT molecular complexity index is 782. The molecule has 2 aromatic rings. The summed E-state index contributed by atoms with van der Waals surface area (Å²) in [4.78, 5) is 28.1. The number of carbonyl (C=O) groups is 2. The van der Waals surface area contributed by atoms with Crippen molar-refractivity contribution >= 4 is 23.4 Å². The molecule has 1 aliphatic rings. The van der Waals surface area contributed by atoms with Gasteiger partial charge in [0.2, 0.25) is 5.91 Å². The van der Waals surface area contributed by atoms with Crippen LogP contribution < -0.4 is 4.74 Å². The van der Waals surface area contributed by atoms with Gasteiger partial charge < -0.3 is 19.6 Å². The van der Waals surface area contributed by atoms with Crippen molar-refractivity contribution < 1.29 is 19.4 Å². The largest absolute Gasteiger partial charge is 0.492 e. The maximum absolute atomic E-state index is 12.6. The second-order valence-electron chi connectivity index (χ2n) is 6.35. The molecule has 0 spiro atoms. The van der Waals surface area contributed by atoms with Gasteiger partial charge in [-0.2, -0.15) is 0 Å². The molecule has 3 rings (SSSR count). The van der Waals surface area contributed by atoms with E-state index in [-0.39, 0.29) is 31.4 Å². The topological polar surface area (TPSA) is 70.1 Å². The summed E-state index contributed by atoms with van der Waals surface area (Å²) in [5.74, 6) is 0.201. The highest BCUT2D eigenvalue weighted by Crippen LogP contribution is 2.14. The van der Waals surface area contributed by atoms with E-state index in [1.54, 1.807) is 24.3 Å². The van der Waals surface area contributed by atoms with Crippen molar-refractivity contribution in [3.63, 3.8) is 0 Å². The number of benzene rings is 2. The Balaban J connectivity index is 1.59. The second kappa shape index (κ2) is 8.88. The monoisotopic (exact) mass is 388 g/mol. The van der Waals surface area contributed by atoms with E-state index < -0.39 is 6.10 Å². The van der Waals surface area contributed by atoms with Crippen LogP contribution in [0.2, 0.25) is 5.02 Å². The number of carbonyl (C=O) groups excluding carboxylic acids is 2. The lowest BCUT2D eigenvalue weighted by Gasteiger charge is -2.22. The first kappa shape index (κ1) is 19.2. The number of hydrogen-bond donors (Lipinski definition) is 1. The normalized spacial score (nSPS) is 17.6. The van der Waals surface area contributed by atoms with E-state index in [2.05, 4.69) is 0 Å². The van der Waals surface area contributed by atoms with E-state index in [1.807, 2.05) is 30.3 Å². The van der Waals surface area contributed by atoms with Crippen molar-refractivity contribution in [2.45, 2.75) is 6.10 Å². The average Bonchev–Trinajstić information content (AvgIpc) is 2.81. The number of para-hydroxylation sites is 1. The number of halogens is 1. The van der Waals surface area contributed by atoms with Crippen LogP contribution in [0.25, 0.3) is 0 Å². The van der Waals surface area contributed by atoms with Gasteiger partial charge >= 0.3 is 0 Å². The van der Waals surface area contributed by atoms with Crippen LogP contribution in [-0.4, -0.2) is 65.6 Å². The second-order valence-corrected chi connectivity index (χ2v) is 6.78. The summed E-state index contributed by atoms with van der Waals surface area (Å²) in [5.41, 5.74) is 0.431. The van der Waals surface area contributed by atoms with Crippen LogP contribution in [0.4, 0.5) is 0 Å². The summed E-state index contributed by atoms with van der Waals surface area (Å²) in [5, 5.41) is 10.8. The number of nitrogens with zero attached hydrogens (tertiary/aromatic N) is 2. The standard InChI is InChI=1S/C20H21ClN2O4/c21-16-8-6-15(7-9-16)20(26)23-13-17(24)12-22(19(25)14-23)10-11-27-18-4-2-1-3-5-18/h1-9,17,24H,10-14H2. The Morgan fingerprint density at radius 3 is 2.52 bits per heavy atom. The third-order valence-corrected chi connectivity index (χ3v) is 4.54. The Kier molecular flexibility index (Phi) is 6.32. The summed E-state index contributed by atoms with van der Waals surface area (Å²) in [6, 6.07) is 15.8. The van der Waals surface area contributed by atoms with Crippen LogP contribution in [0, 0.1) is 0 Å². The summed E-state index contributed by atoms with van der Waals surface area (Å²) in [6.45, 7) is 0.843. The lowest BCUT2D eigenvalue weighted by molar-refractivity contribution is -0.131. The van der Waals surface area contributed by atoms with Crippen LogP contribution in [0.15, 0.2) is 54.6 Å². The zero-order chi connectivity index (χ0) is 19.2. The van der Waals surface area contributed by atoms with E-state index in [0.717, 1.165) is 5.75 Å². The van der Waals surface area contributed by atoms with E-state index in [9.17, 15) is 14.7 Å². The van der Waals surface area contributed by atoms with Gasteiger partial charge in [-0.25, -0.2) is 0 Å². The van der Waals surface area contributed by atoms with Gasteiger partial charge in [-0.05, 0) is 36.4 Å². The minimum atomic E-state index is -0.815. The fraction of sp³-hybridized carbons (Fsp3) is 0.300. The predicted molar refractivity (Wildman–Crippen MR) is 102 cm³/mol. The number of β-amino-alcohol motifs (C(OH)–C–C–N with tert-alkyl or cyclic N) is 1. The molecule has 1 aliphatic heterocycles. The fourth-order valence-electron chi connectivity index (χ4n) is 2.93. The van der Waals surface area contributed by atoms with Gasteiger partial charge in [0.25, 0.3) is 5.91 Å². The number of rotatable bonds is 5. The predicted octanol–water partition coefficient (Wildman–Crippen LogP) is 2.06. The molecule has 2 amide bonds. The highest BCUT2D eigenvalue weighted by molar-refractivity contribution is 6.30. The summed E-state index contributed by atoms with van der Waals surface area (Å²) < 4.78 is 5.62. The zero-order valence-electron chi connectivity index (χ0n) is 14.8. The van der Waals surface area contributed by atoms with Crippen LogP contribution in [0.3, 0.4) is 0 Å². The lowest BCUT2D eigenvalue weighted by atomic mass is 10.2. The Morgan fingerprint density at radius 2 is 1.81 bits per heavy atom. The number of amides is 2. The molecule has 1 fully saturated rings. The van der Waals surface area contributed by atoms with Gasteiger partial charge in [0, 0.05) is 23.7 Å². The molecule has 2 aromatic carbocycles. The molecule has 1 N–H and O–H groups in total. The molecule has 6 nitrogen and oxygen atoms in total. The maximum atomic E-state index is 12.6. The number of aliphatic hydroxyl groups is 1. The lowest BCUT2D eigenvalue weighted by Crippen LogP contribution is -2.40. The molecule has 7 heteroatoms. The molecule has 1 heterocycles. The van der Waals surface area contributed by atoms with Crippen molar-refractivity contribution in [1.29, 1.82) is 0 Å². The maximum Gasteiger partial charge on any atom is 0.254 e. The van der Waals surface area contributed by atoms with Gasteiger partial charge in [0.15, 0.2) is 0 Å². The van der Waals surface area contributed by atoms with E-state index >= 15 is 0 Å². The minimum Gasteiger partial charge on any atom is -0.492 e. The van der Waals surface area contributed by atoms with Gasteiger partial charge in [-0.3, -0.25) is 9.59 Å². The summed E-state index contributed by atoms with van der Waals surface area (Å²) in [7, 11) is 0. The Morgan fingerprint density at radius 1 is 1.11 bits per heavy atom. The molecule has 0 saturated carbocycles. The molecule has 1 unspecified atom stereocenters. The summed E-state index contributed by atoms with van der Waals surface area (Å²) in [6.07, 6.45) is -0.815. The Labute approximate surface area is 162 Å². The minimum absolute atomic E-state index is 0.0795. The van der Waals surface area contributed by atoms with Crippen molar-refractivity contribution in [1.82, 2.24) is 9.80 Å². The first-order valence-electron chi connectivity index (χ1n) is 8.71. The van der Waals surface area contributed by atoms with E-state index in [0.29, 0.717) is 23.7 Å². The zero-order valence-corrected chi connectivity index (χ0v) is 15.5. The molecule has 0 bridgehead atoms. The van der Waals surface area contributed by atoms with Gasteiger partial charge in [0.1, 0.15) is 18.9 Å². The van der Waals surface area contributed by atoms with Crippen LogP contribution >= 0.6 is 11.6 Å². The van der Waals surface area contributed by atoms with Crippen molar-refractivity contribution in [2.24, 2.45) is 0 Å². The van der Waals surface area contributed by atoms with E-state index in [1.165, 1.54) is 9.80 Å². The average molecular weight is 389 g/mol. The molecule has 0 aromatic heterocycles. The van der Waals surface area contributed by atoms with Crippen LogP contribution in [0.5, 0.6) is 5.75 Å². The van der Waals surface area contributed by atoms with Gasteiger partial charge in [-0.15, -0.1) is 0 Å².